The van der Waals surface area contributed by atoms with E-state index in [9.17, 15) is 4.79 Å². The van der Waals surface area contributed by atoms with Crippen LogP contribution in [0.2, 0.25) is 0 Å². The molecule has 1 atom stereocenters. The molecule has 1 unspecified atom stereocenters. The average molecular weight is 301 g/mol. The van der Waals surface area contributed by atoms with E-state index < -0.39 is 0 Å². The largest absolute Gasteiger partial charge is 0.376 e. The highest BCUT2D eigenvalue weighted by molar-refractivity contribution is 5.97. The number of amides is 1. The fourth-order valence-electron chi connectivity index (χ4n) is 3.15. The van der Waals surface area contributed by atoms with Gasteiger partial charge in [0.1, 0.15) is 0 Å². The highest BCUT2D eigenvalue weighted by atomic mass is 16.5. The second kappa shape index (κ2) is 5.72. The summed E-state index contributed by atoms with van der Waals surface area (Å²) in [5.41, 5.74) is 2.46. The molecule has 118 valence electrons. The Kier molecular flexibility index (Phi) is 3.91. The van der Waals surface area contributed by atoms with Gasteiger partial charge in [-0.15, -0.1) is 0 Å². The second-order valence-corrected chi connectivity index (χ2v) is 6.74. The monoisotopic (exact) mass is 301 g/mol. The molecule has 1 aliphatic heterocycles. The third-order valence-corrected chi connectivity index (χ3v) is 4.34. The van der Waals surface area contributed by atoms with Crippen LogP contribution >= 0.6 is 0 Å². The summed E-state index contributed by atoms with van der Waals surface area (Å²) in [6.07, 6.45) is 3.74. The van der Waals surface area contributed by atoms with Gasteiger partial charge in [-0.2, -0.15) is 0 Å². The standard InChI is InChI=1S/C17H23N3O2/c1-17(2)9-12(6-7-22-17)10-18-16(21)13-4-5-15-14(8-13)19-11-20(15)3/h4-5,8,11-12H,6-7,9-10H2,1-3H3,(H,18,21). The van der Waals surface area contributed by atoms with Gasteiger partial charge in [-0.3, -0.25) is 4.79 Å². The number of carbonyl (C=O) groups excluding carboxylic acids is 1. The van der Waals surface area contributed by atoms with Crippen LogP contribution in [0.25, 0.3) is 11.0 Å². The van der Waals surface area contributed by atoms with Crippen LogP contribution in [-0.4, -0.2) is 34.2 Å². The Morgan fingerprint density at radius 3 is 3.09 bits per heavy atom. The molecule has 1 saturated heterocycles. The molecule has 1 amide bonds. The number of aromatic nitrogens is 2. The highest BCUT2D eigenvalue weighted by Gasteiger charge is 2.28. The lowest BCUT2D eigenvalue weighted by molar-refractivity contribution is -0.0715. The number of benzene rings is 1. The Hall–Kier alpha value is -1.88. The minimum Gasteiger partial charge on any atom is -0.376 e. The summed E-state index contributed by atoms with van der Waals surface area (Å²) in [7, 11) is 1.95. The molecule has 2 heterocycles. The molecule has 0 bridgehead atoms. The maximum Gasteiger partial charge on any atom is 0.251 e. The minimum atomic E-state index is -0.0828. The molecule has 5 nitrogen and oxygen atoms in total. The van der Waals surface area contributed by atoms with Gasteiger partial charge in [-0.25, -0.2) is 4.98 Å². The molecule has 0 aliphatic carbocycles. The molecule has 1 aromatic heterocycles. The topological polar surface area (TPSA) is 56.2 Å². The van der Waals surface area contributed by atoms with Crippen LogP contribution in [0.5, 0.6) is 0 Å². The third-order valence-electron chi connectivity index (χ3n) is 4.34. The van der Waals surface area contributed by atoms with Crippen molar-refractivity contribution in [2.45, 2.75) is 32.3 Å². The van der Waals surface area contributed by atoms with E-state index in [0.29, 0.717) is 18.0 Å². The molecule has 0 radical (unpaired) electrons. The molecular formula is C17H23N3O2. The maximum absolute atomic E-state index is 12.3. The number of rotatable bonds is 3. The lowest BCUT2D eigenvalue weighted by Crippen LogP contribution is -2.39. The van der Waals surface area contributed by atoms with Crippen LogP contribution in [-0.2, 0) is 11.8 Å². The zero-order valence-corrected chi connectivity index (χ0v) is 13.4. The summed E-state index contributed by atoms with van der Waals surface area (Å²) in [5.74, 6) is 0.447. The molecule has 2 aromatic rings. The van der Waals surface area contributed by atoms with E-state index in [1.807, 2.05) is 29.8 Å². The van der Waals surface area contributed by atoms with Crippen molar-refractivity contribution in [3.8, 4) is 0 Å². The van der Waals surface area contributed by atoms with Crippen molar-refractivity contribution in [1.29, 1.82) is 0 Å². The average Bonchev–Trinajstić information content (AvgIpc) is 2.85. The molecule has 0 spiro atoms. The van der Waals surface area contributed by atoms with E-state index in [0.717, 1.165) is 30.5 Å². The minimum absolute atomic E-state index is 0.0307. The van der Waals surface area contributed by atoms with Crippen LogP contribution < -0.4 is 5.32 Å². The van der Waals surface area contributed by atoms with Gasteiger partial charge < -0.3 is 14.6 Å². The molecule has 1 aromatic carbocycles. The summed E-state index contributed by atoms with van der Waals surface area (Å²) in [5, 5.41) is 3.05. The normalized spacial score (nSPS) is 21.0. The van der Waals surface area contributed by atoms with Crippen LogP contribution in [0.15, 0.2) is 24.5 Å². The van der Waals surface area contributed by atoms with Crippen LogP contribution in [0.1, 0.15) is 37.0 Å². The molecule has 3 rings (SSSR count). The smallest absolute Gasteiger partial charge is 0.251 e. The molecular weight excluding hydrogens is 278 g/mol. The summed E-state index contributed by atoms with van der Waals surface area (Å²) in [6.45, 7) is 5.69. The van der Waals surface area contributed by atoms with Crippen molar-refractivity contribution in [2.24, 2.45) is 13.0 Å². The summed E-state index contributed by atoms with van der Waals surface area (Å²) in [4.78, 5) is 16.6. The molecule has 22 heavy (non-hydrogen) atoms. The molecule has 0 saturated carbocycles. The van der Waals surface area contributed by atoms with Gasteiger partial charge in [0.15, 0.2) is 0 Å². The number of fused-ring (bicyclic) bond motifs is 1. The van der Waals surface area contributed by atoms with Gasteiger partial charge in [-0.05, 0) is 50.8 Å². The summed E-state index contributed by atoms with van der Waals surface area (Å²) >= 11 is 0. The molecule has 1 aliphatic rings. The van der Waals surface area contributed by atoms with Gasteiger partial charge in [0.2, 0.25) is 0 Å². The SMILES string of the molecule is Cn1cnc2cc(C(=O)NCC3CCOC(C)(C)C3)ccc21. The van der Waals surface area contributed by atoms with Crippen LogP contribution in [0, 0.1) is 5.92 Å². The van der Waals surface area contributed by atoms with E-state index in [-0.39, 0.29) is 11.5 Å². The van der Waals surface area contributed by atoms with Gasteiger partial charge in [-0.1, -0.05) is 0 Å². The van der Waals surface area contributed by atoms with E-state index in [2.05, 4.69) is 24.1 Å². The Bertz CT molecular complexity index is 690. The lowest BCUT2D eigenvalue weighted by atomic mass is 9.88. The fraction of sp³-hybridized carbons (Fsp3) is 0.529. The van der Waals surface area contributed by atoms with Gasteiger partial charge in [0.05, 0.1) is 23.0 Å². The highest BCUT2D eigenvalue weighted by Crippen LogP contribution is 2.28. The number of imidazole rings is 1. The first-order valence-corrected chi connectivity index (χ1v) is 7.78. The van der Waals surface area contributed by atoms with E-state index >= 15 is 0 Å². The fourth-order valence-corrected chi connectivity index (χ4v) is 3.15. The number of ether oxygens (including phenoxy) is 1. The molecule has 5 heteroatoms. The van der Waals surface area contributed by atoms with Crippen LogP contribution in [0.4, 0.5) is 0 Å². The first-order valence-electron chi connectivity index (χ1n) is 7.78. The third kappa shape index (κ3) is 3.14. The first kappa shape index (κ1) is 15.0. The molecule has 1 N–H and O–H groups in total. The van der Waals surface area contributed by atoms with Gasteiger partial charge >= 0.3 is 0 Å². The quantitative estimate of drug-likeness (QED) is 0.947. The zero-order chi connectivity index (χ0) is 15.7. The number of hydrogen-bond donors (Lipinski definition) is 1. The van der Waals surface area contributed by atoms with E-state index in [1.165, 1.54) is 0 Å². The van der Waals surface area contributed by atoms with Crippen molar-refractivity contribution in [2.75, 3.05) is 13.2 Å². The van der Waals surface area contributed by atoms with Crippen molar-refractivity contribution in [3.63, 3.8) is 0 Å². The van der Waals surface area contributed by atoms with E-state index in [1.54, 1.807) is 6.33 Å². The Morgan fingerprint density at radius 2 is 2.32 bits per heavy atom. The second-order valence-electron chi connectivity index (χ2n) is 6.74. The summed E-state index contributed by atoms with van der Waals surface area (Å²) < 4.78 is 7.66. The van der Waals surface area contributed by atoms with Crippen molar-refractivity contribution < 1.29 is 9.53 Å². The van der Waals surface area contributed by atoms with Crippen molar-refractivity contribution >= 4 is 16.9 Å². The maximum atomic E-state index is 12.3. The van der Waals surface area contributed by atoms with Gasteiger partial charge in [0.25, 0.3) is 5.91 Å². The Labute approximate surface area is 130 Å². The number of nitrogens with one attached hydrogen (secondary N) is 1. The lowest BCUT2D eigenvalue weighted by Gasteiger charge is -2.35. The number of carbonyl (C=O) groups is 1. The number of hydrogen-bond acceptors (Lipinski definition) is 3. The van der Waals surface area contributed by atoms with Crippen molar-refractivity contribution in [1.82, 2.24) is 14.9 Å². The van der Waals surface area contributed by atoms with Crippen LogP contribution in [0.3, 0.4) is 0 Å². The van der Waals surface area contributed by atoms with Crippen molar-refractivity contribution in [3.05, 3.63) is 30.1 Å². The zero-order valence-electron chi connectivity index (χ0n) is 13.4. The number of nitrogens with zero attached hydrogens (tertiary/aromatic N) is 2. The molecule has 1 fully saturated rings. The van der Waals surface area contributed by atoms with E-state index in [4.69, 9.17) is 4.74 Å². The Balaban J connectivity index is 1.63. The summed E-state index contributed by atoms with van der Waals surface area (Å²) in [6, 6.07) is 5.64. The number of aryl methyl sites for hydroxylation is 1. The first-order chi connectivity index (χ1) is 10.4. The predicted octanol–water partition coefficient (Wildman–Crippen LogP) is 2.51. The van der Waals surface area contributed by atoms with Gasteiger partial charge in [0, 0.05) is 25.8 Å². The Morgan fingerprint density at radius 1 is 1.50 bits per heavy atom. The predicted molar refractivity (Wildman–Crippen MR) is 85.8 cm³/mol.